The van der Waals surface area contributed by atoms with Crippen molar-refractivity contribution >= 4 is 28.9 Å². The van der Waals surface area contributed by atoms with E-state index in [1.807, 2.05) is 12.1 Å². The van der Waals surface area contributed by atoms with E-state index >= 15 is 0 Å². The molecule has 2 N–H and O–H groups in total. The Hall–Kier alpha value is -2.11. The van der Waals surface area contributed by atoms with Crippen LogP contribution in [0.15, 0.2) is 42.5 Å². The summed E-state index contributed by atoms with van der Waals surface area (Å²) in [6.07, 6.45) is 0. The fourth-order valence-corrected chi connectivity index (χ4v) is 2.40. The topological polar surface area (TPSA) is 69.6 Å². The largest absolute Gasteiger partial charge is 0.399 e. The van der Waals surface area contributed by atoms with Gasteiger partial charge in [-0.05, 0) is 41.6 Å². The van der Waals surface area contributed by atoms with Crippen molar-refractivity contribution in [2.75, 3.05) is 5.73 Å². The van der Waals surface area contributed by atoms with Gasteiger partial charge in [0, 0.05) is 26.9 Å². The standard InChI is InChI=1S/C14H11Cl2N5/c15-12-2-1-3-13(16)11(12)8-21-19-14(18-20-21)9-4-6-10(17)7-5-9/h1-7H,8,17H2. The summed E-state index contributed by atoms with van der Waals surface area (Å²) < 4.78 is 0. The molecule has 0 aliphatic rings. The number of hydrogen-bond acceptors (Lipinski definition) is 4. The third-order valence-electron chi connectivity index (χ3n) is 2.98. The van der Waals surface area contributed by atoms with Gasteiger partial charge in [0.15, 0.2) is 0 Å². The molecule has 0 aliphatic carbocycles. The van der Waals surface area contributed by atoms with Crippen molar-refractivity contribution < 1.29 is 0 Å². The van der Waals surface area contributed by atoms with Crippen LogP contribution in [0.1, 0.15) is 5.56 Å². The van der Waals surface area contributed by atoms with Gasteiger partial charge >= 0.3 is 0 Å². The van der Waals surface area contributed by atoms with Crippen molar-refractivity contribution in [3.63, 3.8) is 0 Å². The summed E-state index contributed by atoms with van der Waals surface area (Å²) in [7, 11) is 0. The summed E-state index contributed by atoms with van der Waals surface area (Å²) in [4.78, 5) is 1.46. The highest BCUT2D eigenvalue weighted by molar-refractivity contribution is 6.35. The molecule has 0 saturated heterocycles. The van der Waals surface area contributed by atoms with E-state index in [9.17, 15) is 0 Å². The number of halogens is 2. The van der Waals surface area contributed by atoms with Crippen molar-refractivity contribution in [1.29, 1.82) is 0 Å². The Morgan fingerprint density at radius 1 is 1.00 bits per heavy atom. The van der Waals surface area contributed by atoms with Crippen LogP contribution >= 0.6 is 23.2 Å². The first-order chi connectivity index (χ1) is 10.1. The second-order valence-corrected chi connectivity index (χ2v) is 5.28. The van der Waals surface area contributed by atoms with Gasteiger partial charge in [-0.3, -0.25) is 0 Å². The Bertz CT molecular complexity index is 747. The lowest BCUT2D eigenvalue weighted by molar-refractivity contribution is 0.573. The van der Waals surface area contributed by atoms with E-state index in [-0.39, 0.29) is 0 Å². The quantitative estimate of drug-likeness (QED) is 0.752. The van der Waals surface area contributed by atoms with Gasteiger partial charge in [0.1, 0.15) is 0 Å². The van der Waals surface area contributed by atoms with Crippen LogP contribution in [0.25, 0.3) is 11.4 Å². The Morgan fingerprint density at radius 2 is 1.67 bits per heavy atom. The van der Waals surface area contributed by atoms with Crippen LogP contribution < -0.4 is 5.73 Å². The van der Waals surface area contributed by atoms with E-state index in [4.69, 9.17) is 28.9 Å². The number of aromatic nitrogens is 4. The average Bonchev–Trinajstić information content (AvgIpc) is 2.92. The molecule has 0 amide bonds. The fraction of sp³-hybridized carbons (Fsp3) is 0.0714. The third kappa shape index (κ3) is 2.99. The number of nitrogens with two attached hydrogens (primary N) is 1. The average molecular weight is 320 g/mol. The summed E-state index contributed by atoms with van der Waals surface area (Å²) in [6.45, 7) is 0.362. The first-order valence-electron chi connectivity index (χ1n) is 6.20. The molecule has 0 bridgehead atoms. The van der Waals surface area contributed by atoms with Crippen molar-refractivity contribution in [2.24, 2.45) is 0 Å². The molecule has 5 nitrogen and oxygen atoms in total. The number of nitrogen functional groups attached to an aromatic ring is 1. The summed E-state index contributed by atoms with van der Waals surface area (Å²) >= 11 is 12.3. The Morgan fingerprint density at radius 3 is 2.33 bits per heavy atom. The van der Waals surface area contributed by atoms with Crippen molar-refractivity contribution in [3.8, 4) is 11.4 Å². The Labute approximate surface area is 131 Å². The van der Waals surface area contributed by atoms with Crippen molar-refractivity contribution in [3.05, 3.63) is 58.1 Å². The zero-order chi connectivity index (χ0) is 14.8. The van der Waals surface area contributed by atoms with Crippen LogP contribution in [0.4, 0.5) is 5.69 Å². The van der Waals surface area contributed by atoms with Gasteiger partial charge in [-0.2, -0.15) is 4.80 Å². The molecule has 0 radical (unpaired) electrons. The lowest BCUT2D eigenvalue weighted by Crippen LogP contribution is -2.05. The maximum absolute atomic E-state index is 6.13. The SMILES string of the molecule is Nc1ccc(-c2nnn(Cc3c(Cl)cccc3Cl)n2)cc1. The van der Waals surface area contributed by atoms with Crippen LogP contribution in [-0.4, -0.2) is 20.2 Å². The minimum absolute atomic E-state index is 0.362. The fourth-order valence-electron chi connectivity index (χ4n) is 1.88. The molecule has 0 unspecified atom stereocenters. The minimum atomic E-state index is 0.362. The van der Waals surface area contributed by atoms with Crippen LogP contribution in [0.2, 0.25) is 10.0 Å². The number of nitrogens with zero attached hydrogens (tertiary/aromatic N) is 4. The first kappa shape index (κ1) is 13.9. The maximum Gasteiger partial charge on any atom is 0.204 e. The van der Waals surface area contributed by atoms with Gasteiger partial charge in [0.05, 0.1) is 6.54 Å². The second kappa shape index (κ2) is 5.71. The number of anilines is 1. The molecule has 0 fully saturated rings. The minimum Gasteiger partial charge on any atom is -0.399 e. The van der Waals surface area contributed by atoms with E-state index in [2.05, 4.69) is 15.4 Å². The van der Waals surface area contributed by atoms with Crippen LogP contribution in [0.3, 0.4) is 0 Å². The van der Waals surface area contributed by atoms with E-state index in [1.54, 1.807) is 30.3 Å². The highest BCUT2D eigenvalue weighted by Crippen LogP contribution is 2.25. The second-order valence-electron chi connectivity index (χ2n) is 4.47. The molecule has 106 valence electrons. The highest BCUT2D eigenvalue weighted by Gasteiger charge is 2.10. The predicted molar refractivity (Wildman–Crippen MR) is 83.2 cm³/mol. The zero-order valence-electron chi connectivity index (χ0n) is 10.9. The van der Waals surface area contributed by atoms with Gasteiger partial charge in [-0.15, -0.1) is 10.2 Å². The van der Waals surface area contributed by atoms with Crippen molar-refractivity contribution in [2.45, 2.75) is 6.54 Å². The molecule has 1 heterocycles. The third-order valence-corrected chi connectivity index (χ3v) is 3.69. The Balaban J connectivity index is 1.87. The first-order valence-corrected chi connectivity index (χ1v) is 6.95. The molecule has 0 saturated carbocycles. The molecule has 2 aromatic carbocycles. The van der Waals surface area contributed by atoms with Gasteiger partial charge in [-0.25, -0.2) is 0 Å². The van der Waals surface area contributed by atoms with Gasteiger partial charge in [-0.1, -0.05) is 29.3 Å². The molecular formula is C14H11Cl2N5. The molecule has 0 spiro atoms. The number of rotatable bonds is 3. The smallest absolute Gasteiger partial charge is 0.204 e. The lowest BCUT2D eigenvalue weighted by atomic mass is 10.2. The summed E-state index contributed by atoms with van der Waals surface area (Å²) in [6, 6.07) is 12.6. The molecule has 7 heteroatoms. The van der Waals surface area contributed by atoms with Gasteiger partial charge < -0.3 is 5.73 Å². The molecule has 21 heavy (non-hydrogen) atoms. The van der Waals surface area contributed by atoms with Crippen molar-refractivity contribution in [1.82, 2.24) is 20.2 Å². The van der Waals surface area contributed by atoms with E-state index in [0.29, 0.717) is 28.1 Å². The maximum atomic E-state index is 6.13. The van der Waals surface area contributed by atoms with E-state index in [1.165, 1.54) is 4.80 Å². The molecule has 3 rings (SSSR count). The van der Waals surface area contributed by atoms with Crippen LogP contribution in [0.5, 0.6) is 0 Å². The van der Waals surface area contributed by atoms with Gasteiger partial charge in [0.2, 0.25) is 5.82 Å². The van der Waals surface area contributed by atoms with E-state index in [0.717, 1.165) is 11.1 Å². The lowest BCUT2D eigenvalue weighted by Gasteiger charge is -2.04. The number of benzene rings is 2. The van der Waals surface area contributed by atoms with E-state index < -0.39 is 0 Å². The van der Waals surface area contributed by atoms with Crippen LogP contribution in [-0.2, 0) is 6.54 Å². The normalized spacial score (nSPS) is 10.8. The molecule has 0 aliphatic heterocycles. The molecule has 0 atom stereocenters. The van der Waals surface area contributed by atoms with Crippen LogP contribution in [0, 0.1) is 0 Å². The predicted octanol–water partition coefficient (Wildman–Crippen LogP) is 3.28. The number of tetrazole rings is 1. The summed E-state index contributed by atoms with van der Waals surface area (Å²) in [5, 5.41) is 13.5. The zero-order valence-corrected chi connectivity index (χ0v) is 12.4. The molecule has 1 aromatic heterocycles. The summed E-state index contributed by atoms with van der Waals surface area (Å²) in [5.41, 5.74) is 7.96. The monoisotopic (exact) mass is 319 g/mol. The van der Waals surface area contributed by atoms with Gasteiger partial charge in [0.25, 0.3) is 0 Å². The Kier molecular flexibility index (Phi) is 3.77. The highest BCUT2D eigenvalue weighted by atomic mass is 35.5. The molecular weight excluding hydrogens is 309 g/mol. The molecule has 3 aromatic rings. The number of hydrogen-bond donors (Lipinski definition) is 1. The summed E-state index contributed by atoms with van der Waals surface area (Å²) in [5.74, 6) is 0.526.